The maximum atomic E-state index is 12.0. The van der Waals surface area contributed by atoms with Gasteiger partial charge in [0, 0.05) is 0 Å². The third-order valence-corrected chi connectivity index (χ3v) is 2.29. The topological polar surface area (TPSA) is 38.8 Å². The molecule has 1 saturated heterocycles. The summed E-state index contributed by atoms with van der Waals surface area (Å²) in [6.45, 7) is 5.64. The van der Waals surface area contributed by atoms with E-state index in [1.807, 2.05) is 0 Å². The van der Waals surface area contributed by atoms with Gasteiger partial charge in [0.15, 0.2) is 0 Å². The molecule has 1 aliphatic rings. The van der Waals surface area contributed by atoms with E-state index in [-0.39, 0.29) is 13.1 Å². The molecule has 0 aromatic heterocycles. The molecule has 1 rings (SSSR count). The number of likely N-dealkylation sites (tertiary alicyclic amines) is 1. The van der Waals surface area contributed by atoms with E-state index in [1.165, 1.54) is 4.90 Å². The molecule has 0 radical (unpaired) electrons. The number of rotatable bonds is 2. The van der Waals surface area contributed by atoms with Crippen LogP contribution in [-0.4, -0.2) is 48.1 Å². The van der Waals surface area contributed by atoms with Crippen LogP contribution in [0.1, 0.15) is 27.7 Å². The van der Waals surface area contributed by atoms with E-state index in [4.69, 9.17) is 9.47 Å². The minimum Gasteiger partial charge on any atom is -0.444 e. The second-order valence-electron chi connectivity index (χ2n) is 5.69. The van der Waals surface area contributed by atoms with Crippen molar-refractivity contribution in [1.29, 1.82) is 0 Å². The largest absolute Gasteiger partial charge is 0.444 e. The molecule has 106 valence electrons. The Bertz CT molecular complexity index is 316. The number of nitrogens with zero attached hydrogens (tertiary/aromatic N) is 1. The minimum absolute atomic E-state index is 0.109. The Labute approximate surface area is 104 Å². The SMILES string of the molecule is CC(C)(C)OC(=O)N1CC(C)(OCC(F)(F)F)C1. The molecule has 0 atom stereocenters. The van der Waals surface area contributed by atoms with Crippen molar-refractivity contribution in [3.63, 3.8) is 0 Å². The van der Waals surface area contributed by atoms with Crippen LogP contribution in [0, 0.1) is 0 Å². The highest BCUT2D eigenvalue weighted by Crippen LogP contribution is 2.28. The van der Waals surface area contributed by atoms with E-state index in [1.54, 1.807) is 27.7 Å². The average Bonchev–Trinajstić information content (AvgIpc) is 2.06. The number of hydrogen-bond donors (Lipinski definition) is 0. The Hall–Kier alpha value is -0.980. The van der Waals surface area contributed by atoms with Crippen LogP contribution in [0.15, 0.2) is 0 Å². The summed E-state index contributed by atoms with van der Waals surface area (Å²) < 4.78 is 45.8. The van der Waals surface area contributed by atoms with Gasteiger partial charge in [-0.15, -0.1) is 0 Å². The van der Waals surface area contributed by atoms with Gasteiger partial charge >= 0.3 is 12.3 Å². The van der Waals surface area contributed by atoms with Crippen molar-refractivity contribution in [2.24, 2.45) is 0 Å². The number of carbonyl (C=O) groups is 1. The Balaban J connectivity index is 2.36. The zero-order chi connectivity index (χ0) is 14.2. The molecule has 1 aliphatic heterocycles. The van der Waals surface area contributed by atoms with Gasteiger partial charge in [-0.05, 0) is 27.7 Å². The molecule has 0 unspecified atom stereocenters. The van der Waals surface area contributed by atoms with Gasteiger partial charge in [-0.1, -0.05) is 0 Å². The molecule has 7 heteroatoms. The maximum Gasteiger partial charge on any atom is 0.411 e. The molecule has 0 spiro atoms. The van der Waals surface area contributed by atoms with Crippen LogP contribution in [0.5, 0.6) is 0 Å². The zero-order valence-corrected chi connectivity index (χ0v) is 10.9. The number of ether oxygens (including phenoxy) is 2. The molecule has 4 nitrogen and oxygen atoms in total. The van der Waals surface area contributed by atoms with Crippen LogP contribution in [0.25, 0.3) is 0 Å². The summed E-state index contributed by atoms with van der Waals surface area (Å²) in [6.07, 6.45) is -4.88. The summed E-state index contributed by atoms with van der Waals surface area (Å²) in [6, 6.07) is 0. The average molecular weight is 269 g/mol. The van der Waals surface area contributed by atoms with Crippen molar-refractivity contribution < 1.29 is 27.4 Å². The van der Waals surface area contributed by atoms with Crippen molar-refractivity contribution in [2.75, 3.05) is 19.7 Å². The van der Waals surface area contributed by atoms with Gasteiger partial charge in [-0.3, -0.25) is 0 Å². The monoisotopic (exact) mass is 269 g/mol. The molecule has 1 fully saturated rings. The Kier molecular flexibility index (Phi) is 3.86. The van der Waals surface area contributed by atoms with Crippen LogP contribution >= 0.6 is 0 Å². The highest BCUT2D eigenvalue weighted by atomic mass is 19.4. The molecule has 0 bridgehead atoms. The predicted molar refractivity (Wildman–Crippen MR) is 58.2 cm³/mol. The minimum atomic E-state index is -4.35. The van der Waals surface area contributed by atoms with Crippen LogP contribution in [0.2, 0.25) is 0 Å². The lowest BCUT2D eigenvalue weighted by Gasteiger charge is -2.47. The van der Waals surface area contributed by atoms with Gasteiger partial charge in [0.05, 0.1) is 13.1 Å². The second-order valence-corrected chi connectivity index (χ2v) is 5.69. The molecule has 0 aromatic rings. The van der Waals surface area contributed by atoms with Crippen molar-refractivity contribution >= 4 is 6.09 Å². The summed E-state index contributed by atoms with van der Waals surface area (Å²) in [7, 11) is 0. The summed E-state index contributed by atoms with van der Waals surface area (Å²) in [4.78, 5) is 12.9. The van der Waals surface area contributed by atoms with Crippen LogP contribution in [-0.2, 0) is 9.47 Å². The standard InChI is InChI=1S/C11H18F3NO3/c1-9(2,3)18-8(16)15-5-10(4,6-15)17-7-11(12,13)14/h5-7H2,1-4H3. The molecule has 1 amide bonds. The number of hydrogen-bond acceptors (Lipinski definition) is 3. The number of carbonyl (C=O) groups excluding carboxylic acids is 1. The van der Waals surface area contributed by atoms with Crippen molar-refractivity contribution in [1.82, 2.24) is 4.90 Å². The van der Waals surface area contributed by atoms with Gasteiger partial charge in [-0.2, -0.15) is 13.2 Å². The normalized spacial score (nSPS) is 19.4. The Morgan fingerprint density at radius 3 is 2.17 bits per heavy atom. The van der Waals surface area contributed by atoms with Crippen LogP contribution < -0.4 is 0 Å². The zero-order valence-electron chi connectivity index (χ0n) is 10.9. The fourth-order valence-corrected chi connectivity index (χ4v) is 1.56. The Morgan fingerprint density at radius 2 is 1.78 bits per heavy atom. The van der Waals surface area contributed by atoms with Gasteiger partial charge < -0.3 is 14.4 Å². The van der Waals surface area contributed by atoms with E-state index >= 15 is 0 Å². The molecular weight excluding hydrogens is 251 g/mol. The third-order valence-electron chi connectivity index (χ3n) is 2.29. The van der Waals surface area contributed by atoms with E-state index in [2.05, 4.69) is 0 Å². The van der Waals surface area contributed by atoms with E-state index < -0.39 is 30.1 Å². The lowest BCUT2D eigenvalue weighted by atomic mass is 9.97. The van der Waals surface area contributed by atoms with Crippen LogP contribution in [0.3, 0.4) is 0 Å². The van der Waals surface area contributed by atoms with Crippen LogP contribution in [0.4, 0.5) is 18.0 Å². The summed E-state index contributed by atoms with van der Waals surface area (Å²) in [5, 5.41) is 0. The molecular formula is C11H18F3NO3. The predicted octanol–water partition coefficient (Wildman–Crippen LogP) is 2.57. The van der Waals surface area contributed by atoms with Crippen molar-refractivity contribution in [3.8, 4) is 0 Å². The molecule has 18 heavy (non-hydrogen) atoms. The van der Waals surface area contributed by atoms with Gasteiger partial charge in [-0.25, -0.2) is 4.79 Å². The first-order chi connectivity index (χ1) is 7.90. The lowest BCUT2D eigenvalue weighted by Crippen LogP contribution is -2.64. The summed E-state index contributed by atoms with van der Waals surface area (Å²) >= 11 is 0. The first-order valence-corrected chi connectivity index (χ1v) is 5.59. The second kappa shape index (κ2) is 4.60. The highest BCUT2D eigenvalue weighted by molar-refractivity contribution is 5.69. The van der Waals surface area contributed by atoms with Gasteiger partial charge in [0.2, 0.25) is 0 Å². The number of alkyl halides is 3. The number of halogens is 3. The quantitative estimate of drug-likeness (QED) is 0.773. The maximum absolute atomic E-state index is 12.0. The highest BCUT2D eigenvalue weighted by Gasteiger charge is 2.46. The van der Waals surface area contributed by atoms with Gasteiger partial charge in [0.1, 0.15) is 17.8 Å². The molecule has 0 aliphatic carbocycles. The van der Waals surface area contributed by atoms with Crippen molar-refractivity contribution in [2.45, 2.75) is 45.1 Å². The Morgan fingerprint density at radius 1 is 1.28 bits per heavy atom. The first-order valence-electron chi connectivity index (χ1n) is 5.59. The molecule has 0 aromatic carbocycles. The molecule has 0 saturated carbocycles. The van der Waals surface area contributed by atoms with Crippen molar-refractivity contribution in [3.05, 3.63) is 0 Å². The first kappa shape index (κ1) is 15.1. The number of amides is 1. The smallest absolute Gasteiger partial charge is 0.411 e. The molecule has 0 N–H and O–H groups in total. The third kappa shape index (κ3) is 4.72. The van der Waals surface area contributed by atoms with E-state index in [0.29, 0.717) is 0 Å². The summed E-state index contributed by atoms with van der Waals surface area (Å²) in [5.74, 6) is 0. The fourth-order valence-electron chi connectivity index (χ4n) is 1.56. The summed E-state index contributed by atoms with van der Waals surface area (Å²) in [5.41, 5.74) is -1.55. The lowest BCUT2D eigenvalue weighted by molar-refractivity contribution is -0.223. The van der Waals surface area contributed by atoms with E-state index in [9.17, 15) is 18.0 Å². The fraction of sp³-hybridized carbons (Fsp3) is 0.909. The molecule has 1 heterocycles. The van der Waals surface area contributed by atoms with E-state index in [0.717, 1.165) is 0 Å². The van der Waals surface area contributed by atoms with Gasteiger partial charge in [0.25, 0.3) is 0 Å².